The fraction of sp³-hybridized carbons (Fsp3) is 0.571. The second-order valence-electron chi connectivity index (χ2n) is 3.60. The van der Waals surface area contributed by atoms with Crippen molar-refractivity contribution in [2.24, 2.45) is 0 Å². The van der Waals surface area contributed by atoms with Gasteiger partial charge in [-0.2, -0.15) is 0 Å². The lowest BCUT2D eigenvalue weighted by Gasteiger charge is -2.05. The van der Waals surface area contributed by atoms with E-state index in [1.54, 1.807) is 6.08 Å². The Labute approximate surface area is 99.3 Å². The number of ether oxygens (including phenoxy) is 1. The summed E-state index contributed by atoms with van der Waals surface area (Å²) in [5.74, 6) is 0.826. The van der Waals surface area contributed by atoms with Crippen molar-refractivity contribution in [3.63, 3.8) is 0 Å². The van der Waals surface area contributed by atoms with Crippen LogP contribution in [0.4, 0.5) is 0 Å². The Kier molecular flexibility index (Phi) is 11.3. The van der Waals surface area contributed by atoms with E-state index >= 15 is 0 Å². The van der Waals surface area contributed by atoms with Gasteiger partial charge in [0.2, 0.25) is 0 Å². The average Bonchev–Trinajstić information content (AvgIpc) is 2.31. The topological polar surface area (TPSA) is 29.5 Å². The number of hydrogen-bond acceptors (Lipinski definition) is 2. The number of hydrogen-bond donors (Lipinski definition) is 1. The molecule has 16 heavy (non-hydrogen) atoms. The lowest BCUT2D eigenvalue weighted by atomic mass is 10.2. The molecule has 0 fully saturated rings. The van der Waals surface area contributed by atoms with Gasteiger partial charge in [0, 0.05) is 6.61 Å². The molecule has 0 heterocycles. The molecule has 0 amide bonds. The maximum atomic E-state index is 8.61. The van der Waals surface area contributed by atoms with Crippen molar-refractivity contribution in [3.05, 3.63) is 36.6 Å². The minimum atomic E-state index is 0.292. The van der Waals surface area contributed by atoms with Crippen LogP contribution in [0.1, 0.15) is 39.0 Å². The second kappa shape index (κ2) is 12.1. The Morgan fingerprint density at radius 1 is 1.25 bits per heavy atom. The Bertz CT molecular complexity index is 217. The molecule has 0 aromatic rings. The van der Waals surface area contributed by atoms with E-state index in [4.69, 9.17) is 9.84 Å². The van der Waals surface area contributed by atoms with E-state index in [1.165, 1.54) is 0 Å². The standard InChI is InChI=1S/C14H24O2/c1-3-5-8-11-14(4-2)16-13-10-7-6-9-12-15/h4-5,8,11,15H,2-3,6-7,9-10,12-13H2,1H3/b8-5-,14-11+. The first-order valence-corrected chi connectivity index (χ1v) is 6.08. The molecule has 0 rings (SSSR count). The van der Waals surface area contributed by atoms with Gasteiger partial charge in [0.1, 0.15) is 5.76 Å². The van der Waals surface area contributed by atoms with Gasteiger partial charge in [-0.3, -0.25) is 0 Å². The number of allylic oxidation sites excluding steroid dienone is 4. The van der Waals surface area contributed by atoms with Gasteiger partial charge in [0.05, 0.1) is 6.61 Å². The first-order chi connectivity index (χ1) is 7.85. The zero-order valence-corrected chi connectivity index (χ0v) is 10.3. The summed E-state index contributed by atoms with van der Waals surface area (Å²) >= 11 is 0. The van der Waals surface area contributed by atoms with Gasteiger partial charge in [0.15, 0.2) is 0 Å². The smallest absolute Gasteiger partial charge is 0.118 e. The Balaban J connectivity index is 3.59. The Morgan fingerprint density at radius 3 is 2.62 bits per heavy atom. The highest BCUT2D eigenvalue weighted by molar-refractivity contribution is 5.16. The van der Waals surface area contributed by atoms with E-state index in [9.17, 15) is 0 Å². The van der Waals surface area contributed by atoms with Crippen molar-refractivity contribution in [2.75, 3.05) is 13.2 Å². The summed E-state index contributed by atoms with van der Waals surface area (Å²) in [5.41, 5.74) is 0. The van der Waals surface area contributed by atoms with E-state index in [2.05, 4.69) is 19.6 Å². The molecule has 92 valence electrons. The van der Waals surface area contributed by atoms with Crippen LogP contribution in [0.2, 0.25) is 0 Å². The van der Waals surface area contributed by atoms with Gasteiger partial charge in [-0.25, -0.2) is 0 Å². The summed E-state index contributed by atoms with van der Waals surface area (Å²) in [6.45, 7) is 6.82. The number of aliphatic hydroxyl groups is 1. The first-order valence-electron chi connectivity index (χ1n) is 6.08. The van der Waals surface area contributed by atoms with Crippen LogP contribution in [0.15, 0.2) is 36.6 Å². The summed E-state index contributed by atoms with van der Waals surface area (Å²) in [4.78, 5) is 0. The highest BCUT2D eigenvalue weighted by Gasteiger charge is 1.92. The van der Waals surface area contributed by atoms with Crippen molar-refractivity contribution >= 4 is 0 Å². The van der Waals surface area contributed by atoms with E-state index in [0.717, 1.165) is 44.5 Å². The molecule has 0 saturated heterocycles. The quantitative estimate of drug-likeness (QED) is 0.349. The molecular weight excluding hydrogens is 200 g/mol. The van der Waals surface area contributed by atoms with Crippen molar-refractivity contribution < 1.29 is 9.84 Å². The van der Waals surface area contributed by atoms with Gasteiger partial charge < -0.3 is 9.84 Å². The monoisotopic (exact) mass is 224 g/mol. The van der Waals surface area contributed by atoms with E-state index in [-0.39, 0.29) is 0 Å². The Hall–Kier alpha value is -1.02. The highest BCUT2D eigenvalue weighted by atomic mass is 16.5. The summed E-state index contributed by atoms with van der Waals surface area (Å²) in [7, 11) is 0. The van der Waals surface area contributed by atoms with Crippen LogP contribution >= 0.6 is 0 Å². The van der Waals surface area contributed by atoms with Crippen LogP contribution < -0.4 is 0 Å². The second-order valence-corrected chi connectivity index (χ2v) is 3.60. The van der Waals surface area contributed by atoms with Crippen LogP contribution in [-0.4, -0.2) is 18.3 Å². The summed E-state index contributed by atoms with van der Waals surface area (Å²) in [5, 5.41) is 8.61. The van der Waals surface area contributed by atoms with Crippen molar-refractivity contribution in [3.8, 4) is 0 Å². The van der Waals surface area contributed by atoms with Crippen molar-refractivity contribution in [1.82, 2.24) is 0 Å². The van der Waals surface area contributed by atoms with Crippen molar-refractivity contribution in [1.29, 1.82) is 0 Å². The fourth-order valence-corrected chi connectivity index (χ4v) is 1.23. The summed E-state index contributed by atoms with van der Waals surface area (Å²) in [6.07, 6.45) is 12.9. The molecule has 0 spiro atoms. The predicted molar refractivity (Wildman–Crippen MR) is 69.2 cm³/mol. The first kappa shape index (κ1) is 15.0. The predicted octanol–water partition coefficient (Wildman–Crippen LogP) is 3.59. The SMILES string of the molecule is C=C/C(=C\C=C/CC)OCCCCCCO. The minimum absolute atomic E-state index is 0.292. The average molecular weight is 224 g/mol. The van der Waals surface area contributed by atoms with Gasteiger partial charge in [-0.15, -0.1) is 0 Å². The van der Waals surface area contributed by atoms with Crippen molar-refractivity contribution in [2.45, 2.75) is 39.0 Å². The van der Waals surface area contributed by atoms with Crippen LogP contribution in [0.5, 0.6) is 0 Å². The third-order valence-corrected chi connectivity index (χ3v) is 2.15. The molecule has 2 heteroatoms. The molecule has 0 aromatic carbocycles. The molecule has 1 N–H and O–H groups in total. The molecule has 0 bridgehead atoms. The number of rotatable bonds is 10. The third kappa shape index (κ3) is 9.53. The van der Waals surface area contributed by atoms with E-state index in [1.807, 2.05) is 12.2 Å². The van der Waals surface area contributed by atoms with Crippen LogP contribution in [-0.2, 0) is 4.74 Å². The lowest BCUT2D eigenvalue weighted by molar-refractivity contribution is 0.214. The number of aliphatic hydroxyl groups excluding tert-OH is 1. The maximum absolute atomic E-state index is 8.61. The molecular formula is C14H24O2. The van der Waals surface area contributed by atoms with Gasteiger partial charge in [-0.1, -0.05) is 32.1 Å². The molecule has 0 radical (unpaired) electrons. The van der Waals surface area contributed by atoms with Crippen LogP contribution in [0, 0.1) is 0 Å². The van der Waals surface area contributed by atoms with E-state index in [0.29, 0.717) is 6.61 Å². The minimum Gasteiger partial charge on any atom is -0.494 e. The molecule has 0 unspecified atom stereocenters. The molecule has 2 nitrogen and oxygen atoms in total. The molecule has 0 aliphatic heterocycles. The molecule has 0 saturated carbocycles. The summed E-state index contributed by atoms with van der Waals surface area (Å²) < 4.78 is 5.55. The van der Waals surface area contributed by atoms with Gasteiger partial charge in [0.25, 0.3) is 0 Å². The van der Waals surface area contributed by atoms with Gasteiger partial charge >= 0.3 is 0 Å². The summed E-state index contributed by atoms with van der Waals surface area (Å²) in [6, 6.07) is 0. The number of unbranched alkanes of at least 4 members (excludes halogenated alkanes) is 3. The van der Waals surface area contributed by atoms with Gasteiger partial charge in [-0.05, 0) is 37.8 Å². The maximum Gasteiger partial charge on any atom is 0.118 e. The largest absolute Gasteiger partial charge is 0.494 e. The third-order valence-electron chi connectivity index (χ3n) is 2.15. The molecule has 0 aliphatic carbocycles. The van der Waals surface area contributed by atoms with Crippen LogP contribution in [0.3, 0.4) is 0 Å². The van der Waals surface area contributed by atoms with Crippen LogP contribution in [0.25, 0.3) is 0 Å². The molecule has 0 aromatic heterocycles. The van der Waals surface area contributed by atoms with E-state index < -0.39 is 0 Å². The zero-order valence-electron chi connectivity index (χ0n) is 10.3. The molecule has 0 atom stereocenters. The lowest BCUT2D eigenvalue weighted by Crippen LogP contribution is -1.93. The normalized spacial score (nSPS) is 12.0. The Morgan fingerprint density at radius 2 is 2.00 bits per heavy atom. The fourth-order valence-electron chi connectivity index (χ4n) is 1.23. The zero-order chi connectivity index (χ0) is 12.1. The highest BCUT2D eigenvalue weighted by Crippen LogP contribution is 2.04. The molecule has 0 aliphatic rings.